The van der Waals surface area contributed by atoms with Gasteiger partial charge in [-0.2, -0.15) is 5.16 Å². The predicted octanol–water partition coefficient (Wildman–Crippen LogP) is 2.08. The minimum Gasteiger partial charge on any atom is -0.373 e. The average molecular weight is 276 g/mol. The van der Waals surface area contributed by atoms with E-state index < -0.39 is 5.56 Å². The first-order valence-electron chi connectivity index (χ1n) is 7.14. The van der Waals surface area contributed by atoms with E-state index in [9.17, 15) is 9.59 Å². The molecule has 1 amide bonds. The van der Waals surface area contributed by atoms with E-state index in [1.807, 2.05) is 0 Å². The molecule has 0 spiro atoms. The predicted molar refractivity (Wildman–Crippen MR) is 74.4 cm³/mol. The number of H-pyrrole nitrogens is 1. The molecule has 1 aromatic rings. The van der Waals surface area contributed by atoms with Crippen LogP contribution in [0.4, 0.5) is 0 Å². The van der Waals surface area contributed by atoms with Crippen molar-refractivity contribution >= 4 is 5.91 Å². The summed E-state index contributed by atoms with van der Waals surface area (Å²) in [5, 5.41) is 4.90. The third kappa shape index (κ3) is 2.11. The third-order valence-corrected chi connectivity index (χ3v) is 5.03. The van der Waals surface area contributed by atoms with E-state index in [4.69, 9.17) is 4.52 Å². The summed E-state index contributed by atoms with van der Waals surface area (Å²) in [6.45, 7) is 5.26. The summed E-state index contributed by atoms with van der Waals surface area (Å²) in [6.07, 6.45) is 5.67. The van der Waals surface area contributed by atoms with Crippen molar-refractivity contribution in [1.29, 1.82) is 0 Å². The van der Waals surface area contributed by atoms with E-state index in [0.717, 1.165) is 18.4 Å². The lowest BCUT2D eigenvalue weighted by Gasteiger charge is -2.56. The van der Waals surface area contributed by atoms with Gasteiger partial charge in [0.15, 0.2) is 0 Å². The van der Waals surface area contributed by atoms with Crippen molar-refractivity contribution in [3.8, 4) is 0 Å². The van der Waals surface area contributed by atoms with Crippen molar-refractivity contribution in [3.05, 3.63) is 33.8 Å². The lowest BCUT2D eigenvalue weighted by Crippen LogP contribution is -2.48. The number of hydrogen-bond acceptors (Lipinski definition) is 3. The van der Waals surface area contributed by atoms with Crippen molar-refractivity contribution in [3.63, 3.8) is 0 Å². The summed E-state index contributed by atoms with van der Waals surface area (Å²) in [5.74, 6) is 1.20. The highest BCUT2D eigenvalue weighted by molar-refractivity contribution is 5.91. The molecule has 1 heterocycles. The normalized spacial score (nSPS) is 26.6. The molecule has 3 aliphatic rings. The van der Waals surface area contributed by atoms with E-state index in [0.29, 0.717) is 17.9 Å². The van der Waals surface area contributed by atoms with E-state index in [1.165, 1.54) is 18.4 Å². The lowest BCUT2D eigenvalue weighted by molar-refractivity contribution is -0.00812. The van der Waals surface area contributed by atoms with Crippen LogP contribution in [0.1, 0.15) is 43.7 Å². The van der Waals surface area contributed by atoms with Crippen LogP contribution >= 0.6 is 0 Å². The van der Waals surface area contributed by atoms with E-state index in [-0.39, 0.29) is 11.7 Å². The second-order valence-electron chi connectivity index (χ2n) is 6.40. The Hall–Kier alpha value is -1.78. The number of amides is 1. The fourth-order valence-electron chi connectivity index (χ4n) is 3.56. The summed E-state index contributed by atoms with van der Waals surface area (Å²) in [7, 11) is 0. The van der Waals surface area contributed by atoms with Crippen LogP contribution in [0.2, 0.25) is 0 Å². The van der Waals surface area contributed by atoms with Gasteiger partial charge in [-0.3, -0.25) is 9.59 Å². The molecule has 0 radical (unpaired) electrons. The second-order valence-corrected chi connectivity index (χ2v) is 6.40. The van der Waals surface area contributed by atoms with Crippen LogP contribution in [0, 0.1) is 17.3 Å². The Morgan fingerprint density at radius 1 is 1.55 bits per heavy atom. The smallest absolute Gasteiger partial charge is 0.289 e. The first-order valence-corrected chi connectivity index (χ1v) is 7.14. The molecule has 1 aromatic heterocycles. The van der Waals surface area contributed by atoms with Gasteiger partial charge < -0.3 is 9.84 Å². The summed E-state index contributed by atoms with van der Waals surface area (Å²) in [6, 6.07) is 1.16. The van der Waals surface area contributed by atoms with Crippen LogP contribution in [-0.4, -0.2) is 17.6 Å². The highest BCUT2D eigenvalue weighted by atomic mass is 16.5. The summed E-state index contributed by atoms with van der Waals surface area (Å²) >= 11 is 0. The van der Waals surface area contributed by atoms with Crippen LogP contribution in [0.15, 0.2) is 27.0 Å². The number of aromatic nitrogens is 1. The number of fused-ring (bicyclic) bond motifs is 1. The zero-order chi connectivity index (χ0) is 14.3. The molecule has 0 aromatic carbocycles. The maximum atomic E-state index is 11.7. The summed E-state index contributed by atoms with van der Waals surface area (Å²) in [4.78, 5) is 22.6. The van der Waals surface area contributed by atoms with Gasteiger partial charge in [-0.25, -0.2) is 0 Å². The van der Waals surface area contributed by atoms with Crippen LogP contribution in [0.5, 0.6) is 0 Å². The molecule has 3 aliphatic carbocycles. The monoisotopic (exact) mass is 276 g/mol. The molecule has 2 atom stereocenters. The molecule has 5 nitrogen and oxygen atoms in total. The highest BCUT2D eigenvalue weighted by Gasteiger charge is 2.50. The number of allylic oxidation sites excluding steroid dienone is 1. The van der Waals surface area contributed by atoms with Gasteiger partial charge >= 0.3 is 0 Å². The Morgan fingerprint density at radius 2 is 2.35 bits per heavy atom. The van der Waals surface area contributed by atoms with Crippen molar-refractivity contribution in [2.45, 2.75) is 33.1 Å². The van der Waals surface area contributed by atoms with E-state index >= 15 is 0 Å². The summed E-state index contributed by atoms with van der Waals surface area (Å²) in [5.41, 5.74) is 1.49. The van der Waals surface area contributed by atoms with Gasteiger partial charge in [-0.05, 0) is 36.5 Å². The minimum atomic E-state index is -0.396. The molecule has 1 saturated carbocycles. The van der Waals surface area contributed by atoms with Crippen molar-refractivity contribution in [2.75, 3.05) is 6.54 Å². The molecule has 2 bridgehead atoms. The highest BCUT2D eigenvalue weighted by Crippen LogP contribution is 2.59. The minimum absolute atomic E-state index is 0.0386. The van der Waals surface area contributed by atoms with Crippen molar-refractivity contribution in [1.82, 2.24) is 10.5 Å². The second kappa shape index (κ2) is 4.65. The quantitative estimate of drug-likeness (QED) is 0.827. The average Bonchev–Trinajstić information content (AvgIpc) is 2.85. The molecule has 5 heteroatoms. The van der Waals surface area contributed by atoms with Crippen LogP contribution in [0.3, 0.4) is 0 Å². The fraction of sp³-hybridized carbons (Fsp3) is 0.600. The maximum absolute atomic E-state index is 11.7. The first kappa shape index (κ1) is 13.2. The molecule has 108 valence electrons. The molecule has 0 aliphatic heterocycles. The zero-order valence-electron chi connectivity index (χ0n) is 11.9. The largest absolute Gasteiger partial charge is 0.373 e. The molecule has 2 N–H and O–H groups in total. The number of aromatic amines is 1. The molecule has 20 heavy (non-hydrogen) atoms. The van der Waals surface area contributed by atoms with Gasteiger partial charge in [0.1, 0.15) is 0 Å². The zero-order valence-corrected chi connectivity index (χ0v) is 11.9. The lowest BCUT2D eigenvalue weighted by atomic mass is 9.48. The molecular weight excluding hydrogens is 256 g/mol. The van der Waals surface area contributed by atoms with Crippen LogP contribution in [0.25, 0.3) is 0 Å². The number of hydrogen-bond donors (Lipinski definition) is 2. The van der Waals surface area contributed by atoms with Crippen LogP contribution < -0.4 is 10.9 Å². The maximum Gasteiger partial charge on any atom is 0.289 e. The van der Waals surface area contributed by atoms with Gasteiger partial charge in [-0.15, -0.1) is 0 Å². The number of carbonyl (C=O) groups excluding carboxylic acids is 1. The standard InChI is InChI=1S/C15H20N2O3/c1-15(2)10-4-3-9(11(15)7-10)5-6-16-14(19)12-8-13(18)17-20-12/h3,8,10-11H,4-7H2,1-2H3,(H,16,19)(H,17,18)/t10-,11-/m0/s1. The van der Waals surface area contributed by atoms with Crippen molar-refractivity contribution in [2.24, 2.45) is 17.3 Å². The Kier molecular flexibility index (Phi) is 3.07. The first-order chi connectivity index (χ1) is 9.48. The fourth-order valence-corrected chi connectivity index (χ4v) is 3.56. The van der Waals surface area contributed by atoms with Gasteiger partial charge in [0, 0.05) is 6.54 Å². The Balaban J connectivity index is 1.52. The van der Waals surface area contributed by atoms with E-state index in [1.54, 1.807) is 0 Å². The van der Waals surface area contributed by atoms with Gasteiger partial charge in [0.05, 0.1) is 6.07 Å². The Morgan fingerprint density at radius 3 is 2.95 bits per heavy atom. The SMILES string of the molecule is CC1(C)[C@H]2CC=C(CCNC(=O)c3cc(=O)[nH]o3)[C@@H]1C2. The molecule has 0 unspecified atom stereocenters. The van der Waals surface area contributed by atoms with Crippen LogP contribution in [-0.2, 0) is 0 Å². The van der Waals surface area contributed by atoms with Gasteiger partial charge in [-0.1, -0.05) is 25.5 Å². The Bertz CT molecular complexity index is 609. The molecular formula is C15H20N2O3. The number of nitrogens with one attached hydrogen (secondary N) is 2. The third-order valence-electron chi connectivity index (χ3n) is 5.03. The molecule has 0 saturated heterocycles. The number of rotatable bonds is 4. The van der Waals surface area contributed by atoms with Crippen molar-refractivity contribution < 1.29 is 9.32 Å². The number of carbonyl (C=O) groups is 1. The van der Waals surface area contributed by atoms with Gasteiger partial charge in [0.25, 0.3) is 11.5 Å². The topological polar surface area (TPSA) is 75.1 Å². The van der Waals surface area contributed by atoms with Gasteiger partial charge in [0.2, 0.25) is 5.76 Å². The Labute approximate surface area is 117 Å². The van der Waals surface area contributed by atoms with E-state index in [2.05, 4.69) is 30.4 Å². The summed E-state index contributed by atoms with van der Waals surface area (Å²) < 4.78 is 4.77. The molecule has 1 fully saturated rings. The molecule has 4 rings (SSSR count).